The van der Waals surface area contributed by atoms with Gasteiger partial charge < -0.3 is 27.5 Å². The average molecular weight is 985 g/mol. The third-order valence-corrected chi connectivity index (χ3v) is 15.6. The second kappa shape index (κ2) is 16.1. The SMILES string of the molecule is CC(C)(C)c1cccc2c1oc1c(N(c3ccccc3)c3ccc4cc5c(cc4c3)oc3cc4oc6cc7cc(N(c8ccccc8)c8cccc9c8oc8c(C(C)(C)C)cccc89)ccc7cc6c4cc35)cccc12. The lowest BCUT2D eigenvalue weighted by Gasteiger charge is -2.25. The zero-order valence-corrected chi connectivity index (χ0v) is 43.2. The molecule has 0 amide bonds. The fourth-order valence-electron chi connectivity index (χ4n) is 11.9. The molecule has 15 aromatic rings. The van der Waals surface area contributed by atoms with E-state index in [-0.39, 0.29) is 10.8 Å². The molecule has 6 nitrogen and oxygen atoms in total. The summed E-state index contributed by atoms with van der Waals surface area (Å²) in [5.74, 6) is 0. The maximum atomic E-state index is 6.92. The normalized spacial score (nSPS) is 12.6. The van der Waals surface area contributed by atoms with Gasteiger partial charge in [-0.05, 0) is 123 Å². The van der Waals surface area contributed by atoms with E-state index in [1.807, 2.05) is 0 Å². The molecule has 0 atom stereocenters. The van der Waals surface area contributed by atoms with Crippen LogP contribution >= 0.6 is 0 Å². The summed E-state index contributed by atoms with van der Waals surface area (Å²) in [7, 11) is 0. The van der Waals surface area contributed by atoms with Crippen molar-refractivity contribution >= 4 is 143 Å². The summed E-state index contributed by atoms with van der Waals surface area (Å²) in [4.78, 5) is 4.61. The summed E-state index contributed by atoms with van der Waals surface area (Å²) >= 11 is 0. The second-order valence-corrected chi connectivity index (χ2v) is 22.5. The van der Waals surface area contributed by atoms with E-state index in [0.29, 0.717) is 0 Å². The van der Waals surface area contributed by atoms with Crippen molar-refractivity contribution in [1.82, 2.24) is 0 Å². The van der Waals surface area contributed by atoms with E-state index in [0.717, 1.165) is 143 Å². The Hall–Kier alpha value is -9.26. The molecular weight excluding hydrogens is 933 g/mol. The molecule has 0 N–H and O–H groups in total. The number of para-hydroxylation sites is 6. The third-order valence-electron chi connectivity index (χ3n) is 15.6. The summed E-state index contributed by atoms with van der Waals surface area (Å²) in [6.07, 6.45) is 0. The van der Waals surface area contributed by atoms with E-state index in [1.54, 1.807) is 0 Å². The standard InChI is InChI=1S/C70H52N2O4/c1-69(2,3)57-25-13-21-49-51-23-15-27-59(67(51)75-65(49)57)71(45-17-9-7-10-18-45)47-31-29-41-35-53-55-39-56-54-36-42-30-32-48(34-44(42)38-62(54)74-64(56)40-63(55)73-61(53)37-43(41)33-47)72(46-19-11-8-12-20-46)60-28-16-24-52-50-22-14-26-58(70(4,5)6)66(50)76-68(52)60/h7-40H,1-6H3. The molecule has 0 saturated carbocycles. The number of benzene rings is 11. The van der Waals surface area contributed by atoms with Crippen LogP contribution in [0, 0.1) is 0 Å². The quantitative estimate of drug-likeness (QED) is 0.165. The van der Waals surface area contributed by atoms with Gasteiger partial charge in [0.05, 0.1) is 11.4 Å². The zero-order valence-electron chi connectivity index (χ0n) is 43.2. The van der Waals surface area contributed by atoms with Gasteiger partial charge in [-0.25, -0.2) is 0 Å². The van der Waals surface area contributed by atoms with Crippen LogP contribution in [0.5, 0.6) is 0 Å². The van der Waals surface area contributed by atoms with Crippen molar-refractivity contribution in [3.8, 4) is 0 Å². The Bertz CT molecular complexity index is 4540. The molecule has 0 spiro atoms. The number of hydrogen-bond acceptors (Lipinski definition) is 6. The number of rotatable bonds is 6. The van der Waals surface area contributed by atoms with Crippen LogP contribution in [0.2, 0.25) is 0 Å². The van der Waals surface area contributed by atoms with Crippen molar-refractivity contribution < 1.29 is 17.7 Å². The Morgan fingerprint density at radius 3 is 1.07 bits per heavy atom. The van der Waals surface area contributed by atoms with Gasteiger partial charge in [-0.3, -0.25) is 0 Å². The van der Waals surface area contributed by atoms with E-state index < -0.39 is 0 Å². The highest BCUT2D eigenvalue weighted by Crippen LogP contribution is 2.48. The molecule has 366 valence electrons. The molecule has 0 aliphatic heterocycles. The van der Waals surface area contributed by atoms with Gasteiger partial charge in [-0.15, -0.1) is 0 Å². The Balaban J connectivity index is 0.826. The highest BCUT2D eigenvalue weighted by molar-refractivity contribution is 6.19. The van der Waals surface area contributed by atoms with Crippen molar-refractivity contribution in [2.45, 2.75) is 52.4 Å². The fourth-order valence-corrected chi connectivity index (χ4v) is 11.9. The largest absolute Gasteiger partial charge is 0.456 e. The third kappa shape index (κ3) is 6.80. The lowest BCUT2D eigenvalue weighted by molar-refractivity contribution is 0.572. The number of furan rings is 4. The van der Waals surface area contributed by atoms with Gasteiger partial charge in [-0.2, -0.15) is 0 Å². The fraction of sp³-hybridized carbons (Fsp3) is 0.114. The van der Waals surface area contributed by atoms with Crippen molar-refractivity contribution in [1.29, 1.82) is 0 Å². The van der Waals surface area contributed by atoms with E-state index in [2.05, 4.69) is 258 Å². The summed E-state index contributed by atoms with van der Waals surface area (Å²) in [5.41, 5.74) is 15.1. The highest BCUT2D eigenvalue weighted by atomic mass is 16.3. The first kappa shape index (κ1) is 44.2. The van der Waals surface area contributed by atoms with E-state index in [1.165, 1.54) is 11.1 Å². The highest BCUT2D eigenvalue weighted by Gasteiger charge is 2.27. The molecule has 0 saturated heterocycles. The molecule has 0 unspecified atom stereocenters. The van der Waals surface area contributed by atoms with Crippen LogP contribution in [0.3, 0.4) is 0 Å². The smallest absolute Gasteiger partial charge is 0.159 e. The number of anilines is 6. The van der Waals surface area contributed by atoms with Gasteiger partial charge in [0.15, 0.2) is 11.2 Å². The van der Waals surface area contributed by atoms with Crippen LogP contribution in [0.15, 0.2) is 224 Å². The minimum Gasteiger partial charge on any atom is -0.456 e. The van der Waals surface area contributed by atoms with Crippen LogP contribution in [0.4, 0.5) is 34.1 Å². The van der Waals surface area contributed by atoms with Crippen molar-refractivity contribution in [3.05, 3.63) is 217 Å². The first-order valence-corrected chi connectivity index (χ1v) is 26.2. The van der Waals surface area contributed by atoms with E-state index in [4.69, 9.17) is 17.7 Å². The Labute approximate surface area is 438 Å². The Morgan fingerprint density at radius 1 is 0.263 bits per heavy atom. The van der Waals surface area contributed by atoms with Crippen molar-refractivity contribution in [2.24, 2.45) is 0 Å². The van der Waals surface area contributed by atoms with Crippen molar-refractivity contribution in [2.75, 3.05) is 9.80 Å². The zero-order chi connectivity index (χ0) is 51.2. The van der Waals surface area contributed by atoms with Crippen LogP contribution < -0.4 is 9.80 Å². The monoisotopic (exact) mass is 984 g/mol. The topological polar surface area (TPSA) is 59.0 Å². The summed E-state index contributed by atoms with van der Waals surface area (Å²) in [5, 5.41) is 13.1. The van der Waals surface area contributed by atoms with Crippen LogP contribution in [0.1, 0.15) is 52.7 Å². The molecule has 6 heteroatoms. The number of hydrogen-bond donors (Lipinski definition) is 0. The van der Waals surface area contributed by atoms with Gasteiger partial charge in [0.2, 0.25) is 0 Å². The van der Waals surface area contributed by atoms with E-state index >= 15 is 0 Å². The minimum absolute atomic E-state index is 0.0787. The lowest BCUT2D eigenvalue weighted by atomic mass is 9.86. The molecule has 4 aromatic heterocycles. The number of nitrogens with zero attached hydrogens (tertiary/aromatic N) is 2. The molecule has 4 heterocycles. The molecular formula is C70H52N2O4. The second-order valence-electron chi connectivity index (χ2n) is 22.5. The lowest BCUT2D eigenvalue weighted by Crippen LogP contribution is -2.11. The van der Waals surface area contributed by atoms with Gasteiger partial charge >= 0.3 is 0 Å². The summed E-state index contributed by atoms with van der Waals surface area (Å²) in [6.45, 7) is 13.4. The Kier molecular flexibility index (Phi) is 9.38. The average Bonchev–Trinajstić information content (AvgIpc) is 4.22. The number of fused-ring (bicyclic) bond motifs is 14. The molecule has 0 bridgehead atoms. The van der Waals surface area contributed by atoms with Crippen molar-refractivity contribution in [3.63, 3.8) is 0 Å². The molecule has 76 heavy (non-hydrogen) atoms. The maximum absolute atomic E-state index is 6.92. The molecule has 15 rings (SSSR count). The minimum atomic E-state index is -0.0787. The summed E-state index contributed by atoms with van der Waals surface area (Å²) in [6, 6.07) is 73.6. The van der Waals surface area contributed by atoms with Crippen LogP contribution in [0.25, 0.3) is 109 Å². The van der Waals surface area contributed by atoms with Gasteiger partial charge in [0, 0.05) is 83.0 Å². The summed E-state index contributed by atoms with van der Waals surface area (Å²) < 4.78 is 27.3. The Morgan fingerprint density at radius 2 is 0.645 bits per heavy atom. The van der Waals surface area contributed by atoms with Gasteiger partial charge in [0.1, 0.15) is 33.5 Å². The predicted octanol–water partition coefficient (Wildman–Crippen LogP) is 21.1. The van der Waals surface area contributed by atoms with Gasteiger partial charge in [-0.1, -0.05) is 151 Å². The van der Waals surface area contributed by atoms with E-state index in [9.17, 15) is 0 Å². The molecule has 0 radical (unpaired) electrons. The molecule has 0 fully saturated rings. The van der Waals surface area contributed by atoms with Crippen LogP contribution in [-0.4, -0.2) is 0 Å². The first-order chi connectivity index (χ1) is 36.9. The molecule has 0 aliphatic rings. The molecule has 0 aliphatic carbocycles. The molecule has 11 aromatic carbocycles. The predicted molar refractivity (Wildman–Crippen MR) is 317 cm³/mol. The first-order valence-electron chi connectivity index (χ1n) is 26.2. The van der Waals surface area contributed by atoms with Gasteiger partial charge in [0.25, 0.3) is 0 Å². The maximum Gasteiger partial charge on any atom is 0.159 e. The van der Waals surface area contributed by atoms with Crippen LogP contribution in [-0.2, 0) is 10.8 Å².